The van der Waals surface area contributed by atoms with Crippen LogP contribution in [0.5, 0.6) is 0 Å². The van der Waals surface area contributed by atoms with Crippen molar-refractivity contribution in [1.29, 1.82) is 0 Å². The van der Waals surface area contributed by atoms with E-state index in [-0.39, 0.29) is 40.6 Å². The number of nitrogens with zero attached hydrogens (tertiary/aromatic N) is 2. The summed E-state index contributed by atoms with van der Waals surface area (Å²) in [5, 5.41) is 2.83. The molecule has 0 saturated carbocycles. The van der Waals surface area contributed by atoms with Crippen molar-refractivity contribution in [3.63, 3.8) is 0 Å². The molecule has 5 atom stereocenters. The molecule has 11 nitrogen and oxygen atoms in total. The summed E-state index contributed by atoms with van der Waals surface area (Å²) in [5.74, 6) is -3.92. The largest absolute Gasteiger partial charge is 0.372 e. The van der Waals surface area contributed by atoms with Gasteiger partial charge in [-0.2, -0.15) is 8.42 Å². The minimum atomic E-state index is -4.39. The van der Waals surface area contributed by atoms with Gasteiger partial charge in [-0.15, -0.1) is 4.40 Å². The molecule has 4 aliphatic rings. The van der Waals surface area contributed by atoms with Gasteiger partial charge < -0.3 is 15.0 Å². The summed E-state index contributed by atoms with van der Waals surface area (Å²) in [7, 11) is -8.05. The Morgan fingerprint density at radius 3 is 2.62 bits per heavy atom. The smallest absolute Gasteiger partial charge is 0.286 e. The second-order valence-electron chi connectivity index (χ2n) is 10.4. The van der Waals surface area contributed by atoms with E-state index in [1.54, 1.807) is 24.0 Å². The van der Waals surface area contributed by atoms with Crippen molar-refractivity contribution in [2.24, 2.45) is 16.2 Å². The fourth-order valence-electron chi connectivity index (χ4n) is 6.05. The Morgan fingerprint density at radius 2 is 1.90 bits per heavy atom. The third kappa shape index (κ3) is 4.39. The zero-order chi connectivity index (χ0) is 27.9. The van der Waals surface area contributed by atoms with Gasteiger partial charge in [-0.1, -0.05) is 12.1 Å². The first kappa shape index (κ1) is 25.9. The van der Waals surface area contributed by atoms with Crippen molar-refractivity contribution in [2.45, 2.75) is 49.5 Å². The molecule has 39 heavy (non-hydrogen) atoms. The number of Topliss-reactive ketones (excluding diaryl/α,β-unsaturated/α-hetero) is 1. The average molecular weight is 577 g/mol. The van der Waals surface area contributed by atoms with Crippen molar-refractivity contribution in [2.75, 3.05) is 16.3 Å². The number of hydrogen-bond acceptors (Lipinski definition) is 8. The van der Waals surface area contributed by atoms with Crippen LogP contribution in [-0.2, 0) is 40.9 Å². The number of hydrogen-bond donors (Lipinski definition) is 2. The number of anilines is 2. The summed E-state index contributed by atoms with van der Waals surface area (Å²) in [6.07, 6.45) is 1.57. The quantitative estimate of drug-likeness (QED) is 0.512. The molecule has 14 heteroatoms. The Balaban J connectivity index is 1.38. The number of likely N-dealkylation sites (tertiary alicyclic amines) is 1. The summed E-state index contributed by atoms with van der Waals surface area (Å²) in [4.78, 5) is 28.9. The fourth-order valence-corrected chi connectivity index (χ4v) is 7.78. The highest BCUT2D eigenvalue weighted by Crippen LogP contribution is 2.47. The lowest BCUT2D eigenvalue weighted by Gasteiger charge is -2.44. The molecule has 3 fully saturated rings. The van der Waals surface area contributed by atoms with Crippen LogP contribution in [0.4, 0.5) is 15.8 Å². The van der Waals surface area contributed by atoms with Gasteiger partial charge in [0.25, 0.3) is 10.0 Å². The number of carbonyl (C=O) groups is 2. The van der Waals surface area contributed by atoms with E-state index in [1.807, 2.05) is 0 Å². The molecule has 0 radical (unpaired) electrons. The number of ether oxygens (including phenoxy) is 1. The van der Waals surface area contributed by atoms with Crippen LogP contribution < -0.4 is 10.0 Å². The number of halogens is 1. The molecule has 2 aromatic carbocycles. The Kier molecular flexibility index (Phi) is 5.86. The van der Waals surface area contributed by atoms with Crippen LogP contribution >= 0.6 is 0 Å². The van der Waals surface area contributed by atoms with Gasteiger partial charge in [0.15, 0.2) is 11.7 Å². The summed E-state index contributed by atoms with van der Waals surface area (Å²) in [6.45, 7) is 1.71. The molecule has 4 heterocycles. The monoisotopic (exact) mass is 576 g/mol. The molecule has 0 aromatic heterocycles. The van der Waals surface area contributed by atoms with E-state index >= 15 is 0 Å². The van der Waals surface area contributed by atoms with E-state index in [9.17, 15) is 30.8 Å². The van der Waals surface area contributed by atoms with Crippen LogP contribution in [0.3, 0.4) is 0 Å². The molecule has 4 aliphatic heterocycles. The van der Waals surface area contributed by atoms with E-state index in [0.29, 0.717) is 24.0 Å². The number of amides is 1. The van der Waals surface area contributed by atoms with Crippen molar-refractivity contribution in [3.8, 4) is 0 Å². The lowest BCUT2D eigenvalue weighted by Crippen LogP contribution is -2.62. The third-order valence-corrected chi connectivity index (χ3v) is 9.57. The highest BCUT2D eigenvalue weighted by Gasteiger charge is 2.62. The maximum atomic E-state index is 13.9. The SMILES string of the molecule is Cc1cc(CN2C(=O)C(C3=NS(=O)(=O)c4cc(NS(C)(=O)=O)ccc4N3)C(=O)C3C2[C@@H]2CC[C@H]3O2)ccc1F. The summed E-state index contributed by atoms with van der Waals surface area (Å²) in [6, 6.07) is 7.84. The molecule has 1 amide bonds. The molecule has 0 aliphatic carbocycles. The highest BCUT2D eigenvalue weighted by molar-refractivity contribution is 7.92. The van der Waals surface area contributed by atoms with Crippen LogP contribution in [0.15, 0.2) is 45.7 Å². The standard InChI is InChI=1S/C25H25FN4O7S2/c1-12-9-13(3-5-15(12)26)11-30-22-18-8-7-17(37-18)20(22)23(31)21(25(30)32)24-27-16-6-4-14(28-38(2,33)34)10-19(16)39(35,36)29-24/h3-6,9-10,17-18,20-22,28H,7-8,11H2,1-2H3,(H,27,29)/t17-,18+,20?,21?,22?/m1/s1. The number of amidine groups is 1. The van der Waals surface area contributed by atoms with E-state index in [1.165, 1.54) is 18.2 Å². The normalized spacial score (nSPS) is 28.9. The predicted molar refractivity (Wildman–Crippen MR) is 139 cm³/mol. The van der Waals surface area contributed by atoms with Crippen LogP contribution in [-0.4, -0.2) is 63.8 Å². The molecule has 2 bridgehead atoms. The van der Waals surface area contributed by atoms with Crippen LogP contribution in [0, 0.1) is 24.6 Å². The summed E-state index contributed by atoms with van der Waals surface area (Å²) in [5.41, 5.74) is 1.16. The fraction of sp³-hybridized carbons (Fsp3) is 0.400. The molecule has 6 rings (SSSR count). The first-order chi connectivity index (χ1) is 18.3. The number of carbonyl (C=O) groups excluding carboxylic acids is 2. The number of fused-ring (bicyclic) bond motifs is 6. The second kappa shape index (κ2) is 8.83. The van der Waals surface area contributed by atoms with Gasteiger partial charge in [0.1, 0.15) is 16.5 Å². The van der Waals surface area contributed by atoms with Gasteiger partial charge in [-0.25, -0.2) is 12.8 Å². The van der Waals surface area contributed by atoms with Crippen molar-refractivity contribution in [1.82, 2.24) is 4.90 Å². The molecular formula is C25H25FN4O7S2. The molecule has 0 spiro atoms. The first-order valence-corrected chi connectivity index (χ1v) is 15.6. The second-order valence-corrected chi connectivity index (χ2v) is 13.7. The van der Waals surface area contributed by atoms with Crippen molar-refractivity contribution >= 4 is 48.9 Å². The number of nitrogens with one attached hydrogen (secondary N) is 2. The Morgan fingerprint density at radius 1 is 1.15 bits per heavy atom. The molecule has 2 aromatic rings. The lowest BCUT2D eigenvalue weighted by molar-refractivity contribution is -0.151. The highest BCUT2D eigenvalue weighted by atomic mass is 32.2. The topological polar surface area (TPSA) is 151 Å². The van der Waals surface area contributed by atoms with Gasteiger partial charge in [-0.3, -0.25) is 14.3 Å². The van der Waals surface area contributed by atoms with Gasteiger partial charge in [0, 0.05) is 12.2 Å². The Labute approximate surface area is 224 Å². The van der Waals surface area contributed by atoms with Crippen molar-refractivity contribution < 1.29 is 35.6 Å². The maximum Gasteiger partial charge on any atom is 0.286 e. The molecule has 3 unspecified atom stereocenters. The lowest BCUT2D eigenvalue weighted by atomic mass is 9.73. The van der Waals surface area contributed by atoms with Crippen LogP contribution in [0.1, 0.15) is 24.0 Å². The van der Waals surface area contributed by atoms with E-state index < -0.39 is 55.7 Å². The first-order valence-electron chi connectivity index (χ1n) is 12.3. The van der Waals surface area contributed by atoms with Gasteiger partial charge in [0.2, 0.25) is 15.9 Å². The molecular weight excluding hydrogens is 551 g/mol. The molecule has 206 valence electrons. The Bertz CT molecular complexity index is 1670. The zero-order valence-electron chi connectivity index (χ0n) is 20.9. The number of benzene rings is 2. The minimum absolute atomic E-state index is 0.0211. The molecule has 2 N–H and O–H groups in total. The van der Waals surface area contributed by atoms with Crippen LogP contribution in [0.2, 0.25) is 0 Å². The van der Waals surface area contributed by atoms with Gasteiger partial charge in [-0.05, 0) is 55.2 Å². The Hall–Kier alpha value is -3.36. The number of sulfonamides is 2. The number of rotatable bonds is 5. The van der Waals surface area contributed by atoms with Gasteiger partial charge in [0.05, 0.1) is 36.1 Å². The zero-order valence-corrected chi connectivity index (χ0v) is 22.6. The number of ketones is 1. The number of piperidine rings is 1. The van der Waals surface area contributed by atoms with Crippen LogP contribution in [0.25, 0.3) is 0 Å². The minimum Gasteiger partial charge on any atom is -0.372 e. The third-order valence-electron chi connectivity index (χ3n) is 7.63. The maximum absolute atomic E-state index is 13.9. The summed E-state index contributed by atoms with van der Waals surface area (Å²) < 4.78 is 75.4. The summed E-state index contributed by atoms with van der Waals surface area (Å²) >= 11 is 0. The predicted octanol–water partition coefficient (Wildman–Crippen LogP) is 1.79. The van der Waals surface area contributed by atoms with E-state index in [0.717, 1.165) is 12.3 Å². The average Bonchev–Trinajstić information content (AvgIpc) is 3.46. The van der Waals surface area contributed by atoms with E-state index in [2.05, 4.69) is 14.4 Å². The van der Waals surface area contributed by atoms with Crippen molar-refractivity contribution in [3.05, 3.63) is 53.3 Å². The number of aryl methyl sites for hydroxylation is 1. The molecule has 3 saturated heterocycles. The van der Waals surface area contributed by atoms with E-state index in [4.69, 9.17) is 4.74 Å². The van der Waals surface area contributed by atoms with Gasteiger partial charge >= 0.3 is 0 Å².